The summed E-state index contributed by atoms with van der Waals surface area (Å²) in [4.78, 5) is 13.8. The molecule has 0 unspecified atom stereocenters. The first-order valence-corrected chi connectivity index (χ1v) is 6.79. The van der Waals surface area contributed by atoms with Gasteiger partial charge >= 0.3 is 0 Å². The second kappa shape index (κ2) is 4.42. The molecule has 2 nitrogen and oxygen atoms in total. The number of aldehydes is 1. The van der Waals surface area contributed by atoms with Crippen LogP contribution in [0.3, 0.4) is 0 Å². The Morgan fingerprint density at radius 2 is 2.17 bits per heavy atom. The quantitative estimate of drug-likeness (QED) is 0.647. The van der Waals surface area contributed by atoms with E-state index in [4.69, 9.17) is 0 Å². The summed E-state index contributed by atoms with van der Waals surface area (Å²) >= 11 is 1.76. The van der Waals surface area contributed by atoms with Crippen LogP contribution in [0.4, 0.5) is 0 Å². The van der Waals surface area contributed by atoms with Gasteiger partial charge in [0.15, 0.2) is 6.29 Å². The highest BCUT2D eigenvalue weighted by atomic mass is 32.1. The summed E-state index contributed by atoms with van der Waals surface area (Å²) in [5.41, 5.74) is 2.82. The maximum atomic E-state index is 11.3. The number of nitrogens with zero attached hydrogens (tertiary/aromatic N) is 1. The molecule has 0 aliphatic heterocycles. The topological polar surface area (TPSA) is 21.5 Å². The van der Waals surface area contributed by atoms with Crippen LogP contribution in [0.5, 0.6) is 0 Å². The summed E-state index contributed by atoms with van der Waals surface area (Å²) in [7, 11) is 0. The van der Waals surface area contributed by atoms with Crippen molar-refractivity contribution in [1.82, 2.24) is 4.40 Å². The highest BCUT2D eigenvalue weighted by molar-refractivity contribution is 7.15. The highest BCUT2D eigenvalue weighted by Crippen LogP contribution is 2.32. The molecule has 90 valence electrons. The van der Waals surface area contributed by atoms with Crippen LogP contribution in [0.15, 0.2) is 42.6 Å². The second-order valence-electron chi connectivity index (χ2n) is 4.18. The van der Waals surface area contributed by atoms with Gasteiger partial charge < -0.3 is 4.40 Å². The van der Waals surface area contributed by atoms with Crippen LogP contribution >= 0.6 is 11.3 Å². The molecule has 0 atom stereocenters. The molecule has 0 aliphatic carbocycles. The molecule has 3 aromatic heterocycles. The zero-order chi connectivity index (χ0) is 12.5. The molecule has 0 N–H and O–H groups in total. The number of hydrogen-bond acceptors (Lipinski definition) is 2. The molecule has 0 radical (unpaired) electrons. The van der Waals surface area contributed by atoms with Crippen molar-refractivity contribution in [3.05, 3.63) is 53.2 Å². The van der Waals surface area contributed by atoms with E-state index in [-0.39, 0.29) is 0 Å². The van der Waals surface area contributed by atoms with Gasteiger partial charge in [-0.1, -0.05) is 13.0 Å². The largest absolute Gasteiger partial charge is 0.314 e. The standard InChI is InChI=1S/C15H13NOS/c1-2-12-6-7-15(18-12)13-9-11-5-3-4-8-16(11)14(13)10-17/h3-10H,2H2,1H3. The van der Waals surface area contributed by atoms with Crippen molar-refractivity contribution in [2.45, 2.75) is 13.3 Å². The van der Waals surface area contributed by atoms with Gasteiger partial charge in [-0.25, -0.2) is 0 Å². The predicted octanol–water partition coefficient (Wildman–Crippen LogP) is 4.04. The molecule has 0 aliphatic rings. The van der Waals surface area contributed by atoms with E-state index in [0.717, 1.165) is 34.4 Å². The van der Waals surface area contributed by atoms with Crippen LogP contribution in [-0.4, -0.2) is 10.7 Å². The summed E-state index contributed by atoms with van der Waals surface area (Å²) in [6.07, 6.45) is 3.90. The summed E-state index contributed by atoms with van der Waals surface area (Å²) in [5.74, 6) is 0. The molecule has 3 aromatic rings. The zero-order valence-electron chi connectivity index (χ0n) is 10.1. The van der Waals surface area contributed by atoms with Gasteiger partial charge in [0.1, 0.15) is 0 Å². The van der Waals surface area contributed by atoms with Crippen LogP contribution in [0.2, 0.25) is 0 Å². The van der Waals surface area contributed by atoms with Gasteiger partial charge in [-0.3, -0.25) is 4.79 Å². The van der Waals surface area contributed by atoms with Gasteiger partial charge in [0, 0.05) is 27.0 Å². The summed E-state index contributed by atoms with van der Waals surface area (Å²) in [6.45, 7) is 2.15. The van der Waals surface area contributed by atoms with Crippen molar-refractivity contribution in [1.29, 1.82) is 0 Å². The van der Waals surface area contributed by atoms with Gasteiger partial charge in [-0.15, -0.1) is 11.3 Å². The molecular formula is C15H13NOS. The highest BCUT2D eigenvalue weighted by Gasteiger charge is 2.12. The molecule has 18 heavy (non-hydrogen) atoms. The maximum Gasteiger partial charge on any atom is 0.167 e. The van der Waals surface area contributed by atoms with E-state index in [1.807, 2.05) is 28.8 Å². The van der Waals surface area contributed by atoms with Crippen molar-refractivity contribution in [2.24, 2.45) is 0 Å². The summed E-state index contributed by atoms with van der Waals surface area (Å²) < 4.78 is 1.94. The van der Waals surface area contributed by atoms with Gasteiger partial charge in [-0.05, 0) is 36.8 Å². The van der Waals surface area contributed by atoms with Crippen LogP contribution in [0, 0.1) is 0 Å². The van der Waals surface area contributed by atoms with Crippen molar-refractivity contribution >= 4 is 23.1 Å². The third-order valence-electron chi connectivity index (χ3n) is 3.11. The van der Waals surface area contributed by atoms with E-state index >= 15 is 0 Å². The first-order valence-electron chi connectivity index (χ1n) is 5.98. The minimum Gasteiger partial charge on any atom is -0.314 e. The molecule has 0 saturated carbocycles. The molecule has 0 saturated heterocycles. The van der Waals surface area contributed by atoms with Gasteiger partial charge in [-0.2, -0.15) is 0 Å². The SMILES string of the molecule is CCc1ccc(-c2cc3ccccn3c2C=O)s1. The summed E-state index contributed by atoms with van der Waals surface area (Å²) in [6, 6.07) is 12.3. The Morgan fingerprint density at radius 3 is 2.89 bits per heavy atom. The molecule has 0 amide bonds. The fourth-order valence-electron chi connectivity index (χ4n) is 2.18. The fraction of sp³-hybridized carbons (Fsp3) is 0.133. The van der Waals surface area contributed by atoms with Gasteiger partial charge in [0.05, 0.1) is 5.69 Å². The molecule has 0 aromatic carbocycles. The normalized spacial score (nSPS) is 10.9. The number of carbonyl (C=O) groups is 1. The lowest BCUT2D eigenvalue weighted by molar-refractivity contribution is 0.111. The number of rotatable bonds is 3. The van der Waals surface area contributed by atoms with Crippen LogP contribution < -0.4 is 0 Å². The number of aromatic nitrogens is 1. The van der Waals surface area contributed by atoms with E-state index < -0.39 is 0 Å². The Kier molecular flexibility index (Phi) is 2.76. The fourth-order valence-corrected chi connectivity index (χ4v) is 3.15. The van der Waals surface area contributed by atoms with E-state index in [9.17, 15) is 4.79 Å². The third kappa shape index (κ3) is 1.68. The lowest BCUT2D eigenvalue weighted by Gasteiger charge is -1.97. The lowest BCUT2D eigenvalue weighted by atomic mass is 10.2. The van der Waals surface area contributed by atoms with Gasteiger partial charge in [0.2, 0.25) is 0 Å². The van der Waals surface area contributed by atoms with Gasteiger partial charge in [0.25, 0.3) is 0 Å². The Balaban J connectivity index is 2.24. The number of hydrogen-bond donors (Lipinski definition) is 0. The molecule has 3 heterocycles. The number of aryl methyl sites for hydroxylation is 1. The zero-order valence-corrected chi connectivity index (χ0v) is 10.9. The molecule has 3 heteroatoms. The molecule has 3 rings (SSSR count). The lowest BCUT2D eigenvalue weighted by Crippen LogP contribution is -1.90. The Bertz CT molecular complexity index is 708. The maximum absolute atomic E-state index is 11.3. The Labute approximate surface area is 110 Å². The smallest absolute Gasteiger partial charge is 0.167 e. The number of thiophene rings is 1. The first-order chi connectivity index (χ1) is 8.83. The minimum atomic E-state index is 0.732. The van der Waals surface area contributed by atoms with E-state index in [1.165, 1.54) is 4.88 Å². The van der Waals surface area contributed by atoms with Crippen LogP contribution in [0.25, 0.3) is 16.0 Å². The number of carbonyl (C=O) groups excluding carboxylic acids is 1. The second-order valence-corrected chi connectivity index (χ2v) is 5.34. The number of pyridine rings is 1. The monoisotopic (exact) mass is 255 g/mol. The van der Waals surface area contributed by atoms with Crippen LogP contribution in [-0.2, 0) is 6.42 Å². The summed E-state index contributed by atoms with van der Waals surface area (Å²) in [5, 5.41) is 0. The predicted molar refractivity (Wildman–Crippen MR) is 75.5 cm³/mol. The van der Waals surface area contributed by atoms with Crippen LogP contribution in [0.1, 0.15) is 22.3 Å². The first kappa shape index (κ1) is 11.2. The number of fused-ring (bicyclic) bond motifs is 1. The average molecular weight is 255 g/mol. The van der Waals surface area contributed by atoms with Crippen molar-refractivity contribution in [3.63, 3.8) is 0 Å². The van der Waals surface area contributed by atoms with E-state index in [2.05, 4.69) is 25.1 Å². The molecule has 0 bridgehead atoms. The van der Waals surface area contributed by atoms with E-state index in [1.54, 1.807) is 11.3 Å². The molecule has 0 spiro atoms. The Morgan fingerprint density at radius 1 is 1.28 bits per heavy atom. The Hall–Kier alpha value is -1.87. The molecule has 0 fully saturated rings. The van der Waals surface area contributed by atoms with E-state index in [0.29, 0.717) is 0 Å². The molecular weight excluding hydrogens is 242 g/mol. The van der Waals surface area contributed by atoms with Crippen molar-refractivity contribution in [2.75, 3.05) is 0 Å². The minimum absolute atomic E-state index is 0.732. The van der Waals surface area contributed by atoms with Crippen molar-refractivity contribution in [3.8, 4) is 10.4 Å². The third-order valence-corrected chi connectivity index (χ3v) is 4.37. The van der Waals surface area contributed by atoms with Crippen molar-refractivity contribution < 1.29 is 4.79 Å². The average Bonchev–Trinajstić information content (AvgIpc) is 3.02.